The quantitative estimate of drug-likeness (QED) is 0.451. The predicted octanol–water partition coefficient (Wildman–Crippen LogP) is 5.21. The van der Waals surface area contributed by atoms with Crippen molar-refractivity contribution in [2.24, 2.45) is 23.7 Å². The van der Waals surface area contributed by atoms with Crippen LogP contribution < -0.4 is 0 Å². The van der Waals surface area contributed by atoms with E-state index in [4.69, 9.17) is 4.74 Å². The molecular formula is C17H29IO. The molecule has 110 valence electrons. The maximum absolute atomic E-state index is 5.85. The molecule has 6 aliphatic carbocycles. The standard InChI is InChI=1S/C17H29IO/c1-19-17-11-14-8-6-12-2-4-13(5-3-12)7-9-15(17)10-16(14)18/h12-17H,2-11H2,1H3. The van der Waals surface area contributed by atoms with Gasteiger partial charge in [0.15, 0.2) is 0 Å². The third kappa shape index (κ3) is 3.48. The van der Waals surface area contributed by atoms with Crippen molar-refractivity contribution in [2.45, 2.75) is 74.2 Å². The molecule has 0 aliphatic heterocycles. The molecule has 6 saturated carbocycles. The summed E-state index contributed by atoms with van der Waals surface area (Å²) in [4.78, 5) is 0. The van der Waals surface area contributed by atoms with Gasteiger partial charge in [-0.1, -0.05) is 61.1 Å². The highest BCUT2D eigenvalue weighted by Gasteiger charge is 2.37. The Morgan fingerprint density at radius 2 is 1.26 bits per heavy atom. The summed E-state index contributed by atoms with van der Waals surface area (Å²) < 4.78 is 6.76. The third-order valence-electron chi connectivity index (χ3n) is 6.26. The number of halogens is 1. The number of hydrogen-bond donors (Lipinski definition) is 0. The van der Waals surface area contributed by atoms with Gasteiger partial charge < -0.3 is 4.74 Å². The Labute approximate surface area is 132 Å². The van der Waals surface area contributed by atoms with Crippen molar-refractivity contribution in [2.75, 3.05) is 7.11 Å². The smallest absolute Gasteiger partial charge is 0.0602 e. The number of rotatable bonds is 1. The van der Waals surface area contributed by atoms with E-state index in [0.717, 1.165) is 27.6 Å². The minimum Gasteiger partial charge on any atom is -0.381 e. The molecule has 4 atom stereocenters. The van der Waals surface area contributed by atoms with Crippen LogP contribution in [0.4, 0.5) is 0 Å². The van der Waals surface area contributed by atoms with Crippen molar-refractivity contribution in [1.82, 2.24) is 0 Å². The van der Waals surface area contributed by atoms with Crippen LogP contribution >= 0.6 is 22.6 Å². The van der Waals surface area contributed by atoms with E-state index in [1.165, 1.54) is 64.2 Å². The Balaban J connectivity index is 1.72. The highest BCUT2D eigenvalue weighted by molar-refractivity contribution is 14.1. The fourth-order valence-corrected chi connectivity index (χ4v) is 6.18. The molecule has 19 heavy (non-hydrogen) atoms. The van der Waals surface area contributed by atoms with Crippen LogP contribution in [-0.2, 0) is 4.74 Å². The van der Waals surface area contributed by atoms with Gasteiger partial charge in [-0.3, -0.25) is 0 Å². The molecule has 6 rings (SSSR count). The molecule has 0 heterocycles. The van der Waals surface area contributed by atoms with Crippen LogP contribution in [0.2, 0.25) is 0 Å². The van der Waals surface area contributed by atoms with Gasteiger partial charge in [0.05, 0.1) is 6.10 Å². The van der Waals surface area contributed by atoms with E-state index >= 15 is 0 Å². The van der Waals surface area contributed by atoms with Gasteiger partial charge in [-0.2, -0.15) is 0 Å². The number of hydrogen-bond acceptors (Lipinski definition) is 1. The first kappa shape index (κ1) is 14.6. The average molecular weight is 376 g/mol. The second kappa shape index (κ2) is 6.64. The van der Waals surface area contributed by atoms with Gasteiger partial charge in [-0.25, -0.2) is 0 Å². The van der Waals surface area contributed by atoms with Gasteiger partial charge in [0.1, 0.15) is 0 Å². The maximum atomic E-state index is 5.85. The fourth-order valence-electron chi connectivity index (χ4n) is 4.87. The molecule has 0 amide bonds. The molecule has 0 saturated heterocycles. The summed E-state index contributed by atoms with van der Waals surface area (Å²) in [6.07, 6.45) is 15.3. The van der Waals surface area contributed by atoms with Crippen LogP contribution in [0.1, 0.15) is 64.2 Å². The van der Waals surface area contributed by atoms with Crippen LogP contribution in [0.25, 0.3) is 0 Å². The Morgan fingerprint density at radius 1 is 0.737 bits per heavy atom. The predicted molar refractivity (Wildman–Crippen MR) is 88.7 cm³/mol. The minimum atomic E-state index is 0.564. The van der Waals surface area contributed by atoms with Crippen molar-refractivity contribution in [1.29, 1.82) is 0 Å². The zero-order valence-electron chi connectivity index (χ0n) is 12.3. The van der Waals surface area contributed by atoms with Crippen molar-refractivity contribution in [3.63, 3.8) is 0 Å². The summed E-state index contributed by atoms with van der Waals surface area (Å²) in [5.74, 6) is 3.87. The molecule has 0 aromatic heterocycles. The Kier molecular flexibility index (Phi) is 5.11. The van der Waals surface area contributed by atoms with Gasteiger partial charge in [0.2, 0.25) is 0 Å². The van der Waals surface area contributed by atoms with E-state index in [9.17, 15) is 0 Å². The summed E-state index contributed by atoms with van der Waals surface area (Å²) in [6.45, 7) is 0. The molecule has 0 N–H and O–H groups in total. The lowest BCUT2D eigenvalue weighted by atomic mass is 9.70. The molecule has 1 nitrogen and oxygen atoms in total. The van der Waals surface area contributed by atoms with Crippen molar-refractivity contribution >= 4 is 22.6 Å². The lowest BCUT2D eigenvalue weighted by Gasteiger charge is -2.41. The summed E-state index contributed by atoms with van der Waals surface area (Å²) in [7, 11) is 1.94. The molecule has 4 unspecified atom stereocenters. The summed E-state index contributed by atoms with van der Waals surface area (Å²) in [5.41, 5.74) is 0. The molecule has 6 fully saturated rings. The Bertz CT molecular complexity index is 285. The molecule has 4 bridgehead atoms. The third-order valence-corrected chi connectivity index (χ3v) is 7.79. The average Bonchev–Trinajstić information content (AvgIpc) is 2.43. The van der Waals surface area contributed by atoms with Crippen LogP contribution in [0.5, 0.6) is 0 Å². The monoisotopic (exact) mass is 376 g/mol. The topological polar surface area (TPSA) is 9.23 Å². The maximum Gasteiger partial charge on any atom is 0.0602 e. The summed E-state index contributed by atoms with van der Waals surface area (Å²) in [5, 5.41) is 0. The van der Waals surface area contributed by atoms with E-state index in [0.29, 0.717) is 6.10 Å². The van der Waals surface area contributed by atoms with Crippen LogP contribution in [0.3, 0.4) is 0 Å². The van der Waals surface area contributed by atoms with E-state index < -0.39 is 0 Å². The van der Waals surface area contributed by atoms with Crippen molar-refractivity contribution < 1.29 is 4.74 Å². The summed E-state index contributed by atoms with van der Waals surface area (Å²) in [6, 6.07) is 0. The van der Waals surface area contributed by atoms with Crippen molar-refractivity contribution in [3.8, 4) is 0 Å². The molecule has 0 spiro atoms. The first-order chi connectivity index (χ1) is 9.26. The molecule has 2 heteroatoms. The van der Waals surface area contributed by atoms with Gasteiger partial charge in [-0.15, -0.1) is 0 Å². The number of alkyl halides is 1. The molecule has 0 aromatic rings. The largest absolute Gasteiger partial charge is 0.381 e. The van der Waals surface area contributed by atoms with Gasteiger partial charge in [0, 0.05) is 11.0 Å². The molecule has 0 radical (unpaired) electrons. The van der Waals surface area contributed by atoms with Crippen molar-refractivity contribution in [3.05, 3.63) is 0 Å². The highest BCUT2D eigenvalue weighted by atomic mass is 127. The first-order valence-corrected chi connectivity index (χ1v) is 9.67. The van der Waals surface area contributed by atoms with E-state index in [-0.39, 0.29) is 0 Å². The first-order valence-electron chi connectivity index (χ1n) is 8.43. The minimum absolute atomic E-state index is 0.564. The lowest BCUT2D eigenvalue weighted by Crippen LogP contribution is -2.38. The van der Waals surface area contributed by atoms with E-state index in [1.807, 2.05) is 7.11 Å². The van der Waals surface area contributed by atoms with Gasteiger partial charge in [0.25, 0.3) is 0 Å². The van der Waals surface area contributed by atoms with Crippen LogP contribution in [0.15, 0.2) is 0 Å². The molecular weight excluding hydrogens is 347 g/mol. The van der Waals surface area contributed by atoms with E-state index in [1.54, 1.807) is 0 Å². The van der Waals surface area contributed by atoms with Crippen LogP contribution in [0, 0.1) is 23.7 Å². The highest BCUT2D eigenvalue weighted by Crippen LogP contribution is 2.44. The fraction of sp³-hybridized carbons (Fsp3) is 1.00. The zero-order valence-corrected chi connectivity index (χ0v) is 14.5. The lowest BCUT2D eigenvalue weighted by molar-refractivity contribution is -0.00211. The second-order valence-electron chi connectivity index (χ2n) is 7.32. The number of methoxy groups -OCH3 is 1. The summed E-state index contributed by atoms with van der Waals surface area (Å²) >= 11 is 2.74. The van der Waals surface area contributed by atoms with Crippen LogP contribution in [-0.4, -0.2) is 17.1 Å². The normalized spacial score (nSPS) is 47.7. The number of ether oxygens (including phenoxy) is 1. The SMILES string of the molecule is COC1CC2CCC3CCC(CC3)CCC1CC2I. The Hall–Kier alpha value is 0.690. The van der Waals surface area contributed by atoms with Gasteiger partial charge >= 0.3 is 0 Å². The second-order valence-corrected chi connectivity index (χ2v) is 8.92. The molecule has 0 aromatic carbocycles. The Morgan fingerprint density at radius 3 is 1.84 bits per heavy atom. The van der Waals surface area contributed by atoms with Gasteiger partial charge in [-0.05, 0) is 49.4 Å². The molecule has 6 aliphatic rings. The van der Waals surface area contributed by atoms with E-state index in [2.05, 4.69) is 22.6 Å². The zero-order chi connectivity index (χ0) is 13.2.